The van der Waals surface area contributed by atoms with Gasteiger partial charge in [-0.25, -0.2) is 0 Å². The standard InChI is InChI=1S/C17H21N3O5S/c21-15(18-8-5-17(10-18)6-9-25-11-17)12-2-1-7-19(12)16(22)13-3-4-14(26-13)20(23)24/h3-4,12H,1-2,5-11H2. The molecule has 140 valence electrons. The molecule has 0 aromatic carbocycles. The van der Waals surface area contributed by atoms with Gasteiger partial charge in [0.05, 0.1) is 16.4 Å². The lowest BCUT2D eigenvalue weighted by Crippen LogP contribution is -2.47. The summed E-state index contributed by atoms with van der Waals surface area (Å²) in [6.45, 7) is 3.40. The molecule has 0 N–H and O–H groups in total. The molecular weight excluding hydrogens is 358 g/mol. The zero-order valence-corrected chi connectivity index (χ0v) is 15.2. The van der Waals surface area contributed by atoms with Crippen molar-refractivity contribution in [3.63, 3.8) is 0 Å². The van der Waals surface area contributed by atoms with Crippen LogP contribution in [0.4, 0.5) is 5.00 Å². The molecule has 1 aromatic heterocycles. The largest absolute Gasteiger partial charge is 0.381 e. The number of thiophene rings is 1. The number of hydrogen-bond acceptors (Lipinski definition) is 6. The van der Waals surface area contributed by atoms with Gasteiger partial charge in [-0.2, -0.15) is 0 Å². The molecular formula is C17H21N3O5S. The first kappa shape index (κ1) is 17.4. The van der Waals surface area contributed by atoms with Crippen LogP contribution in [0, 0.1) is 15.5 Å². The molecule has 1 spiro atoms. The van der Waals surface area contributed by atoms with E-state index in [1.807, 2.05) is 4.90 Å². The van der Waals surface area contributed by atoms with E-state index in [9.17, 15) is 19.7 Å². The van der Waals surface area contributed by atoms with E-state index in [0.717, 1.165) is 37.2 Å². The number of carbonyl (C=O) groups is 2. The summed E-state index contributed by atoms with van der Waals surface area (Å²) in [6, 6.07) is 2.36. The van der Waals surface area contributed by atoms with Crippen LogP contribution in [0.25, 0.3) is 0 Å². The first-order valence-electron chi connectivity index (χ1n) is 8.91. The molecule has 2 atom stereocenters. The third kappa shape index (κ3) is 2.99. The Hall–Kier alpha value is -2.00. The number of hydrogen-bond donors (Lipinski definition) is 0. The molecule has 1 aromatic rings. The van der Waals surface area contributed by atoms with E-state index >= 15 is 0 Å². The fraction of sp³-hybridized carbons (Fsp3) is 0.647. The molecule has 0 bridgehead atoms. The van der Waals surface area contributed by atoms with Crippen LogP contribution >= 0.6 is 11.3 Å². The van der Waals surface area contributed by atoms with Crippen LogP contribution in [-0.2, 0) is 9.53 Å². The summed E-state index contributed by atoms with van der Waals surface area (Å²) in [5.41, 5.74) is 0.0947. The molecule has 0 saturated carbocycles. The molecule has 2 unspecified atom stereocenters. The normalized spacial score (nSPS) is 28.2. The van der Waals surface area contributed by atoms with Gasteiger partial charge in [0.2, 0.25) is 5.91 Å². The highest BCUT2D eigenvalue weighted by Crippen LogP contribution is 2.39. The SMILES string of the molecule is O=C(C1CCCN1C(=O)c1ccc([N+](=O)[O-])s1)N1CCC2(CCOC2)C1. The van der Waals surface area contributed by atoms with Gasteiger partial charge in [-0.1, -0.05) is 11.3 Å². The van der Waals surface area contributed by atoms with Gasteiger partial charge in [-0.15, -0.1) is 0 Å². The van der Waals surface area contributed by atoms with Crippen molar-refractivity contribution in [2.75, 3.05) is 32.8 Å². The molecule has 2 amide bonds. The van der Waals surface area contributed by atoms with Crippen molar-refractivity contribution >= 4 is 28.2 Å². The van der Waals surface area contributed by atoms with Crippen molar-refractivity contribution in [2.24, 2.45) is 5.41 Å². The topological polar surface area (TPSA) is 93.0 Å². The number of carbonyl (C=O) groups excluding carboxylic acids is 2. The maximum atomic E-state index is 13.0. The maximum absolute atomic E-state index is 13.0. The maximum Gasteiger partial charge on any atom is 0.324 e. The van der Waals surface area contributed by atoms with Crippen LogP contribution < -0.4 is 0 Å². The summed E-state index contributed by atoms with van der Waals surface area (Å²) in [4.78, 5) is 40.0. The number of amides is 2. The Labute approximate surface area is 154 Å². The zero-order valence-electron chi connectivity index (χ0n) is 14.4. The van der Waals surface area contributed by atoms with Crippen molar-refractivity contribution in [2.45, 2.75) is 31.7 Å². The smallest absolute Gasteiger partial charge is 0.324 e. The third-order valence-electron chi connectivity index (χ3n) is 5.72. The molecule has 8 nitrogen and oxygen atoms in total. The van der Waals surface area contributed by atoms with Crippen molar-refractivity contribution in [3.05, 3.63) is 27.1 Å². The van der Waals surface area contributed by atoms with E-state index < -0.39 is 11.0 Å². The van der Waals surface area contributed by atoms with Crippen LogP contribution in [0.1, 0.15) is 35.4 Å². The predicted molar refractivity (Wildman–Crippen MR) is 94.1 cm³/mol. The summed E-state index contributed by atoms with van der Waals surface area (Å²) in [7, 11) is 0. The fourth-order valence-corrected chi connectivity index (χ4v) is 5.03. The highest BCUT2D eigenvalue weighted by atomic mass is 32.1. The van der Waals surface area contributed by atoms with Crippen molar-refractivity contribution in [1.82, 2.24) is 9.80 Å². The monoisotopic (exact) mass is 379 g/mol. The Morgan fingerprint density at radius 1 is 1.31 bits per heavy atom. The molecule has 3 aliphatic rings. The fourth-order valence-electron chi connectivity index (χ4n) is 4.25. The summed E-state index contributed by atoms with van der Waals surface area (Å²) in [6.07, 6.45) is 3.37. The molecule has 3 saturated heterocycles. The van der Waals surface area contributed by atoms with E-state index in [2.05, 4.69) is 0 Å². The number of rotatable bonds is 3. The van der Waals surface area contributed by atoms with Gasteiger partial charge >= 0.3 is 5.00 Å². The molecule has 4 heterocycles. The van der Waals surface area contributed by atoms with E-state index in [1.54, 1.807) is 4.90 Å². The van der Waals surface area contributed by atoms with Crippen LogP contribution in [-0.4, -0.2) is 65.4 Å². The lowest BCUT2D eigenvalue weighted by atomic mass is 9.87. The molecule has 0 aliphatic carbocycles. The zero-order chi connectivity index (χ0) is 18.3. The van der Waals surface area contributed by atoms with Gasteiger partial charge in [-0.05, 0) is 31.7 Å². The van der Waals surface area contributed by atoms with E-state index in [0.29, 0.717) is 37.5 Å². The Bertz CT molecular complexity index is 743. The average Bonchev–Trinajstić information content (AvgIpc) is 3.42. The number of nitrogens with zero attached hydrogens (tertiary/aromatic N) is 3. The molecule has 3 fully saturated rings. The highest BCUT2D eigenvalue weighted by Gasteiger charge is 2.46. The lowest BCUT2D eigenvalue weighted by Gasteiger charge is -2.28. The van der Waals surface area contributed by atoms with Crippen molar-refractivity contribution in [3.8, 4) is 0 Å². The van der Waals surface area contributed by atoms with Crippen LogP contribution in [0.2, 0.25) is 0 Å². The van der Waals surface area contributed by atoms with Crippen LogP contribution in [0.3, 0.4) is 0 Å². The van der Waals surface area contributed by atoms with Crippen molar-refractivity contribution in [1.29, 1.82) is 0 Å². The van der Waals surface area contributed by atoms with Gasteiger partial charge in [0.15, 0.2) is 0 Å². The predicted octanol–water partition coefficient (Wildman–Crippen LogP) is 1.90. The average molecular weight is 379 g/mol. The number of nitro groups is 1. The first-order chi connectivity index (χ1) is 12.5. The van der Waals surface area contributed by atoms with Gasteiger partial charge in [0.25, 0.3) is 5.91 Å². The van der Waals surface area contributed by atoms with Crippen molar-refractivity contribution < 1.29 is 19.2 Å². The van der Waals surface area contributed by atoms with Gasteiger partial charge in [0.1, 0.15) is 6.04 Å². The third-order valence-corrected chi connectivity index (χ3v) is 6.74. The van der Waals surface area contributed by atoms with E-state index in [1.165, 1.54) is 12.1 Å². The summed E-state index contributed by atoms with van der Waals surface area (Å²) >= 11 is 0.865. The van der Waals surface area contributed by atoms with Gasteiger partial charge < -0.3 is 14.5 Å². The molecule has 4 rings (SSSR count). The minimum atomic E-state index is -0.499. The van der Waals surface area contributed by atoms with Gasteiger partial charge in [0, 0.05) is 37.7 Å². The Kier molecular flexibility index (Phi) is 4.44. The minimum Gasteiger partial charge on any atom is -0.381 e. The number of ether oxygens (including phenoxy) is 1. The number of likely N-dealkylation sites (tertiary alicyclic amines) is 2. The van der Waals surface area contributed by atoms with E-state index in [-0.39, 0.29) is 22.2 Å². The van der Waals surface area contributed by atoms with E-state index in [4.69, 9.17) is 4.74 Å². The minimum absolute atomic E-state index is 0.00526. The quantitative estimate of drug-likeness (QED) is 0.591. The van der Waals surface area contributed by atoms with Crippen LogP contribution in [0.15, 0.2) is 12.1 Å². The molecule has 26 heavy (non-hydrogen) atoms. The second-order valence-corrected chi connectivity index (χ2v) is 8.43. The second kappa shape index (κ2) is 6.62. The Morgan fingerprint density at radius 2 is 2.15 bits per heavy atom. The summed E-state index contributed by atoms with van der Waals surface area (Å²) in [5, 5.41) is 10.8. The molecule has 3 aliphatic heterocycles. The Morgan fingerprint density at radius 3 is 2.85 bits per heavy atom. The molecule has 0 radical (unpaired) electrons. The highest BCUT2D eigenvalue weighted by molar-refractivity contribution is 7.17. The summed E-state index contributed by atoms with van der Waals surface area (Å²) < 4.78 is 5.52. The molecule has 9 heteroatoms. The summed E-state index contributed by atoms with van der Waals surface area (Å²) in [5.74, 6) is -0.275. The second-order valence-electron chi connectivity index (χ2n) is 7.36. The Balaban J connectivity index is 1.46. The van der Waals surface area contributed by atoms with Crippen LogP contribution in [0.5, 0.6) is 0 Å². The lowest BCUT2D eigenvalue weighted by molar-refractivity contribution is -0.380. The first-order valence-corrected chi connectivity index (χ1v) is 9.73. The van der Waals surface area contributed by atoms with Gasteiger partial charge in [-0.3, -0.25) is 19.7 Å².